The highest BCUT2D eigenvalue weighted by atomic mass is 16.5. The van der Waals surface area contributed by atoms with Gasteiger partial charge in [-0.1, -0.05) is 50.7 Å². The van der Waals surface area contributed by atoms with E-state index >= 15 is 0 Å². The number of fused-ring (bicyclic) bond motifs is 1. The Morgan fingerprint density at radius 1 is 1.26 bits per heavy atom. The fourth-order valence-corrected chi connectivity index (χ4v) is 4.74. The van der Waals surface area contributed by atoms with Gasteiger partial charge in [0.2, 0.25) is 23.4 Å². The first-order chi connectivity index (χ1) is 18.2. The van der Waals surface area contributed by atoms with Crippen molar-refractivity contribution in [2.24, 2.45) is 0 Å². The number of aromatic amines is 1. The summed E-state index contributed by atoms with van der Waals surface area (Å²) in [4.78, 5) is 35.6. The van der Waals surface area contributed by atoms with Crippen molar-refractivity contribution in [3.8, 4) is 11.1 Å². The number of amides is 1. The molecule has 1 atom stereocenters. The zero-order valence-corrected chi connectivity index (χ0v) is 22.0. The third-order valence-electron chi connectivity index (χ3n) is 6.88. The number of Topliss-reactive ketones (excluding diaryl/α,β-unsaturated/α-hetero) is 1. The van der Waals surface area contributed by atoms with Gasteiger partial charge in [-0.3, -0.25) is 14.7 Å². The van der Waals surface area contributed by atoms with E-state index in [0.29, 0.717) is 30.4 Å². The molecule has 1 aliphatic rings. The van der Waals surface area contributed by atoms with Crippen LogP contribution in [0, 0.1) is 6.92 Å². The zero-order chi connectivity index (χ0) is 27.0. The number of carbonyl (C=O) groups is 2. The van der Waals surface area contributed by atoms with Crippen LogP contribution in [-0.4, -0.2) is 61.0 Å². The number of rotatable bonds is 7. The fraction of sp³-hybridized carbons (Fsp3) is 0.357. The third-order valence-corrected chi connectivity index (χ3v) is 6.88. The van der Waals surface area contributed by atoms with Gasteiger partial charge in [0.05, 0.1) is 5.39 Å². The molecule has 0 spiro atoms. The number of carbonyl (C=O) groups excluding carboxylic acids is 2. The fourth-order valence-electron chi connectivity index (χ4n) is 4.74. The van der Waals surface area contributed by atoms with Crippen LogP contribution in [-0.2, 0) is 16.6 Å². The van der Waals surface area contributed by atoms with E-state index in [1.807, 2.05) is 52.0 Å². The molecular formula is C28H31N7O3. The van der Waals surface area contributed by atoms with Gasteiger partial charge in [-0.05, 0) is 47.7 Å². The Kier molecular flexibility index (Phi) is 6.56. The van der Waals surface area contributed by atoms with E-state index in [1.165, 1.54) is 6.08 Å². The molecule has 1 saturated heterocycles. The van der Waals surface area contributed by atoms with E-state index in [0.717, 1.165) is 34.1 Å². The average molecular weight is 514 g/mol. The summed E-state index contributed by atoms with van der Waals surface area (Å²) in [6.07, 6.45) is 4.05. The summed E-state index contributed by atoms with van der Waals surface area (Å²) < 4.78 is 5.31. The van der Waals surface area contributed by atoms with Gasteiger partial charge in [0, 0.05) is 37.2 Å². The van der Waals surface area contributed by atoms with Crippen LogP contribution in [0.25, 0.3) is 22.2 Å². The van der Waals surface area contributed by atoms with E-state index in [4.69, 9.17) is 4.52 Å². The third kappa shape index (κ3) is 4.81. The van der Waals surface area contributed by atoms with Crippen molar-refractivity contribution in [3.63, 3.8) is 0 Å². The Bertz CT molecular complexity index is 1530. The first-order valence-corrected chi connectivity index (χ1v) is 12.6. The highest BCUT2D eigenvalue weighted by Gasteiger charge is 2.27. The van der Waals surface area contributed by atoms with Crippen LogP contribution in [0.4, 0.5) is 5.82 Å². The Labute approximate surface area is 220 Å². The monoisotopic (exact) mass is 513 g/mol. The van der Waals surface area contributed by atoms with Crippen molar-refractivity contribution in [1.82, 2.24) is 30.2 Å². The summed E-state index contributed by atoms with van der Waals surface area (Å²) in [7, 11) is 0. The van der Waals surface area contributed by atoms with Gasteiger partial charge in [-0.25, -0.2) is 4.98 Å². The number of nitrogens with zero attached hydrogens (tertiary/aromatic N) is 5. The molecular weight excluding hydrogens is 482 g/mol. The lowest BCUT2D eigenvalue weighted by Gasteiger charge is -2.16. The molecule has 1 fully saturated rings. The summed E-state index contributed by atoms with van der Waals surface area (Å²) in [6, 6.07) is 7.93. The zero-order valence-electron chi connectivity index (χ0n) is 22.0. The Morgan fingerprint density at radius 2 is 2.08 bits per heavy atom. The molecule has 0 unspecified atom stereocenters. The topological polar surface area (TPSA) is 130 Å². The molecule has 10 heteroatoms. The molecule has 1 amide bonds. The highest BCUT2D eigenvalue weighted by molar-refractivity contribution is 6.01. The van der Waals surface area contributed by atoms with Gasteiger partial charge < -0.3 is 14.7 Å². The number of likely N-dealkylation sites (tertiary alicyclic amines) is 1. The number of hydrogen-bond donors (Lipinski definition) is 2. The van der Waals surface area contributed by atoms with Crippen molar-refractivity contribution in [2.45, 2.75) is 52.0 Å². The summed E-state index contributed by atoms with van der Waals surface area (Å²) in [6.45, 7) is 12.7. The summed E-state index contributed by atoms with van der Waals surface area (Å²) in [5.74, 6) is 0.942. The molecule has 5 rings (SSSR count). The molecule has 38 heavy (non-hydrogen) atoms. The lowest BCUT2D eigenvalue weighted by Crippen LogP contribution is -2.30. The first kappa shape index (κ1) is 25.3. The van der Waals surface area contributed by atoms with Gasteiger partial charge in [0.1, 0.15) is 0 Å². The number of aromatic nitrogens is 5. The van der Waals surface area contributed by atoms with Gasteiger partial charge in [-0.15, -0.1) is 0 Å². The van der Waals surface area contributed by atoms with Crippen LogP contribution in [0.15, 0.2) is 47.6 Å². The van der Waals surface area contributed by atoms with Crippen molar-refractivity contribution in [1.29, 1.82) is 0 Å². The average Bonchev–Trinajstić information content (AvgIpc) is 3.65. The number of nitrogens with one attached hydrogen (secondary N) is 2. The van der Waals surface area contributed by atoms with Crippen LogP contribution < -0.4 is 5.32 Å². The van der Waals surface area contributed by atoms with Crippen molar-refractivity contribution >= 4 is 28.5 Å². The van der Waals surface area contributed by atoms with Gasteiger partial charge in [0.25, 0.3) is 0 Å². The highest BCUT2D eigenvalue weighted by Crippen LogP contribution is 2.35. The quantitative estimate of drug-likeness (QED) is 0.277. The van der Waals surface area contributed by atoms with Crippen LogP contribution in [0.2, 0.25) is 0 Å². The second-order valence-electron chi connectivity index (χ2n) is 10.6. The molecule has 0 radical (unpaired) electrons. The van der Waals surface area contributed by atoms with Gasteiger partial charge in [0.15, 0.2) is 11.5 Å². The minimum atomic E-state index is -0.331. The number of benzene rings is 1. The molecule has 10 nitrogen and oxygen atoms in total. The van der Waals surface area contributed by atoms with Gasteiger partial charge in [-0.2, -0.15) is 10.1 Å². The van der Waals surface area contributed by atoms with E-state index in [9.17, 15) is 9.59 Å². The number of ketones is 1. The van der Waals surface area contributed by atoms with Crippen molar-refractivity contribution in [2.75, 3.05) is 18.4 Å². The van der Waals surface area contributed by atoms with Crippen molar-refractivity contribution < 1.29 is 14.1 Å². The van der Waals surface area contributed by atoms with E-state index < -0.39 is 0 Å². The number of anilines is 1. The maximum absolute atomic E-state index is 13.0. The van der Waals surface area contributed by atoms with E-state index in [1.54, 1.807) is 11.1 Å². The summed E-state index contributed by atoms with van der Waals surface area (Å²) in [5, 5.41) is 15.8. The Morgan fingerprint density at radius 3 is 2.82 bits per heavy atom. The second kappa shape index (κ2) is 9.85. The summed E-state index contributed by atoms with van der Waals surface area (Å²) in [5.41, 5.74) is 4.11. The molecule has 1 aliphatic heterocycles. The van der Waals surface area contributed by atoms with Crippen LogP contribution in [0.1, 0.15) is 54.8 Å². The molecule has 0 saturated carbocycles. The van der Waals surface area contributed by atoms with Crippen LogP contribution in [0.5, 0.6) is 0 Å². The number of hydrogen-bond acceptors (Lipinski definition) is 8. The molecule has 0 bridgehead atoms. The van der Waals surface area contributed by atoms with Crippen LogP contribution >= 0.6 is 0 Å². The number of pyridine rings is 1. The summed E-state index contributed by atoms with van der Waals surface area (Å²) >= 11 is 0. The molecule has 0 aliphatic carbocycles. The molecule has 4 heterocycles. The first-order valence-electron chi connectivity index (χ1n) is 12.6. The molecule has 2 N–H and O–H groups in total. The minimum absolute atomic E-state index is 0.0662. The predicted molar refractivity (Wildman–Crippen MR) is 144 cm³/mol. The lowest BCUT2D eigenvalue weighted by molar-refractivity contribution is -0.125. The maximum Gasteiger partial charge on any atom is 0.246 e. The van der Waals surface area contributed by atoms with Crippen LogP contribution in [0.3, 0.4) is 0 Å². The molecule has 196 valence electrons. The SMILES string of the molecule is C=CC(=O)N1CC[C@@H](Nc2n[nH]c3nccc(-c4cccc(CC(=O)c5noc(C(C)(C)C)n5)c4C)c23)C1. The molecule has 1 aromatic carbocycles. The second-order valence-corrected chi connectivity index (χ2v) is 10.6. The normalized spacial score (nSPS) is 15.7. The van der Waals surface area contributed by atoms with Crippen molar-refractivity contribution in [3.05, 3.63) is 66.0 Å². The minimum Gasteiger partial charge on any atom is -0.363 e. The smallest absolute Gasteiger partial charge is 0.246 e. The Hall–Kier alpha value is -4.34. The maximum atomic E-state index is 13.0. The number of H-pyrrole nitrogens is 1. The molecule has 4 aromatic rings. The lowest BCUT2D eigenvalue weighted by atomic mass is 9.93. The van der Waals surface area contributed by atoms with E-state index in [-0.39, 0.29) is 35.4 Å². The molecule has 3 aromatic heterocycles. The largest absolute Gasteiger partial charge is 0.363 e. The standard InChI is InChI=1S/C28H31N7O3/c1-6-22(37)35-13-11-18(15-35)30-26-23-20(10-12-29-25(23)32-33-26)19-9-7-8-17(16(19)2)14-21(36)24-31-27(38-34-24)28(3,4)5/h6-10,12,18H,1,11,13-15H2,2-5H3,(H2,29,30,32,33)/t18-/m1/s1. The Balaban J connectivity index is 1.43. The predicted octanol–water partition coefficient (Wildman–Crippen LogP) is 4.24. The van der Waals surface area contributed by atoms with E-state index in [2.05, 4.69) is 37.2 Å². The van der Waals surface area contributed by atoms with Gasteiger partial charge >= 0.3 is 0 Å².